The maximum Gasteiger partial charge on any atom is 0.0700 e. The molecule has 0 aromatic heterocycles. The molecule has 1 rings (SSSR count). The zero-order valence-electron chi connectivity index (χ0n) is 10.7. The Hall–Kier alpha value is -0.900. The Labute approximate surface area is 103 Å². The summed E-state index contributed by atoms with van der Waals surface area (Å²) in [5.41, 5.74) is 2.44. The molecule has 0 saturated heterocycles. The van der Waals surface area contributed by atoms with Crippen LogP contribution < -0.4 is 0 Å². The van der Waals surface area contributed by atoms with Crippen LogP contribution in [-0.2, 0) is 9.47 Å². The SMILES string of the molecule is COCCOCCC(CO)c1ccccc1C. The summed E-state index contributed by atoms with van der Waals surface area (Å²) in [5.74, 6) is 0.166. The molecule has 0 fully saturated rings. The molecule has 0 amide bonds. The number of aliphatic hydroxyl groups excluding tert-OH is 1. The van der Waals surface area contributed by atoms with E-state index in [1.807, 2.05) is 12.1 Å². The van der Waals surface area contributed by atoms with Crippen LogP contribution in [0.2, 0.25) is 0 Å². The normalized spacial score (nSPS) is 12.6. The third-order valence-corrected chi connectivity index (χ3v) is 2.89. The van der Waals surface area contributed by atoms with E-state index in [4.69, 9.17) is 9.47 Å². The van der Waals surface area contributed by atoms with Crippen LogP contribution in [0.5, 0.6) is 0 Å². The number of hydrogen-bond acceptors (Lipinski definition) is 3. The van der Waals surface area contributed by atoms with E-state index < -0.39 is 0 Å². The summed E-state index contributed by atoms with van der Waals surface area (Å²) in [7, 11) is 1.66. The van der Waals surface area contributed by atoms with Crippen LogP contribution in [0.25, 0.3) is 0 Å². The van der Waals surface area contributed by atoms with Gasteiger partial charge in [-0.05, 0) is 24.5 Å². The first-order chi connectivity index (χ1) is 8.29. The van der Waals surface area contributed by atoms with Crippen molar-refractivity contribution in [1.29, 1.82) is 0 Å². The van der Waals surface area contributed by atoms with E-state index in [9.17, 15) is 5.11 Å². The van der Waals surface area contributed by atoms with Crippen molar-refractivity contribution in [2.45, 2.75) is 19.3 Å². The van der Waals surface area contributed by atoms with Gasteiger partial charge < -0.3 is 14.6 Å². The van der Waals surface area contributed by atoms with Gasteiger partial charge in [-0.25, -0.2) is 0 Å². The molecule has 96 valence electrons. The Morgan fingerprint density at radius 3 is 2.59 bits per heavy atom. The molecule has 1 aromatic carbocycles. The van der Waals surface area contributed by atoms with Crippen molar-refractivity contribution < 1.29 is 14.6 Å². The van der Waals surface area contributed by atoms with Crippen molar-refractivity contribution in [1.82, 2.24) is 0 Å². The number of hydrogen-bond donors (Lipinski definition) is 1. The molecular formula is C14H22O3. The molecule has 3 heteroatoms. The van der Waals surface area contributed by atoms with Crippen molar-refractivity contribution in [3.63, 3.8) is 0 Å². The van der Waals surface area contributed by atoms with Gasteiger partial charge in [0.25, 0.3) is 0 Å². The lowest BCUT2D eigenvalue weighted by Crippen LogP contribution is -2.11. The van der Waals surface area contributed by atoms with Crippen LogP contribution in [0.4, 0.5) is 0 Å². The van der Waals surface area contributed by atoms with Gasteiger partial charge in [-0.3, -0.25) is 0 Å². The zero-order chi connectivity index (χ0) is 12.5. The Morgan fingerprint density at radius 2 is 1.94 bits per heavy atom. The van der Waals surface area contributed by atoms with Crippen LogP contribution in [0.3, 0.4) is 0 Å². The van der Waals surface area contributed by atoms with Gasteiger partial charge >= 0.3 is 0 Å². The summed E-state index contributed by atoms with van der Waals surface area (Å²) in [6.45, 7) is 4.13. The van der Waals surface area contributed by atoms with Gasteiger partial charge in [-0.2, -0.15) is 0 Å². The highest BCUT2D eigenvalue weighted by atomic mass is 16.5. The minimum atomic E-state index is 0.165. The first-order valence-corrected chi connectivity index (χ1v) is 6.02. The van der Waals surface area contributed by atoms with Crippen LogP contribution in [0, 0.1) is 6.92 Å². The van der Waals surface area contributed by atoms with Crippen molar-refractivity contribution in [2.75, 3.05) is 33.5 Å². The van der Waals surface area contributed by atoms with Gasteiger partial charge in [-0.15, -0.1) is 0 Å². The molecule has 0 aliphatic heterocycles. The van der Waals surface area contributed by atoms with Crippen LogP contribution in [0.1, 0.15) is 23.5 Å². The molecular weight excluding hydrogens is 216 g/mol. The Balaban J connectivity index is 2.41. The summed E-state index contributed by atoms with van der Waals surface area (Å²) >= 11 is 0. The number of rotatable bonds is 8. The fourth-order valence-electron chi connectivity index (χ4n) is 1.86. The number of ether oxygens (including phenoxy) is 2. The van der Waals surface area contributed by atoms with Crippen molar-refractivity contribution in [3.05, 3.63) is 35.4 Å². The summed E-state index contributed by atoms with van der Waals surface area (Å²) in [4.78, 5) is 0. The number of aliphatic hydroxyl groups is 1. The lowest BCUT2D eigenvalue weighted by Gasteiger charge is -2.16. The fourth-order valence-corrected chi connectivity index (χ4v) is 1.86. The second-order valence-corrected chi connectivity index (χ2v) is 4.13. The van der Waals surface area contributed by atoms with Crippen LogP contribution >= 0.6 is 0 Å². The van der Waals surface area contributed by atoms with E-state index in [1.165, 1.54) is 11.1 Å². The van der Waals surface area contributed by atoms with E-state index in [-0.39, 0.29) is 12.5 Å². The molecule has 0 radical (unpaired) electrons. The largest absolute Gasteiger partial charge is 0.396 e. The number of aryl methyl sites for hydroxylation is 1. The minimum Gasteiger partial charge on any atom is -0.396 e. The van der Waals surface area contributed by atoms with Crippen LogP contribution in [-0.4, -0.2) is 38.6 Å². The number of benzene rings is 1. The monoisotopic (exact) mass is 238 g/mol. The average Bonchev–Trinajstić information content (AvgIpc) is 2.35. The third-order valence-electron chi connectivity index (χ3n) is 2.89. The summed E-state index contributed by atoms with van der Waals surface area (Å²) in [6, 6.07) is 8.17. The van der Waals surface area contributed by atoms with Gasteiger partial charge in [0.1, 0.15) is 0 Å². The molecule has 1 atom stereocenters. The molecule has 1 aromatic rings. The predicted octanol–water partition coefficient (Wildman–Crippen LogP) is 2.12. The standard InChI is InChI=1S/C14H22O3/c1-12-5-3-4-6-14(12)13(11-15)7-8-17-10-9-16-2/h3-6,13,15H,7-11H2,1-2H3. The summed E-state index contributed by atoms with van der Waals surface area (Å²) in [6.07, 6.45) is 0.838. The Morgan fingerprint density at radius 1 is 1.18 bits per heavy atom. The first-order valence-electron chi connectivity index (χ1n) is 6.02. The highest BCUT2D eigenvalue weighted by Crippen LogP contribution is 2.22. The van der Waals surface area contributed by atoms with Crippen molar-refractivity contribution in [3.8, 4) is 0 Å². The second kappa shape index (κ2) is 8.23. The molecule has 1 N–H and O–H groups in total. The lowest BCUT2D eigenvalue weighted by molar-refractivity contribution is 0.0642. The highest BCUT2D eigenvalue weighted by molar-refractivity contribution is 5.29. The first kappa shape index (κ1) is 14.2. The second-order valence-electron chi connectivity index (χ2n) is 4.13. The molecule has 0 aliphatic rings. The maximum absolute atomic E-state index is 9.43. The minimum absolute atomic E-state index is 0.165. The predicted molar refractivity (Wildman–Crippen MR) is 68.3 cm³/mol. The molecule has 0 saturated carbocycles. The molecule has 0 heterocycles. The lowest BCUT2D eigenvalue weighted by atomic mass is 9.93. The third kappa shape index (κ3) is 4.86. The average molecular weight is 238 g/mol. The smallest absolute Gasteiger partial charge is 0.0700 e. The van der Waals surface area contributed by atoms with Crippen molar-refractivity contribution >= 4 is 0 Å². The van der Waals surface area contributed by atoms with Gasteiger partial charge in [0.15, 0.2) is 0 Å². The van der Waals surface area contributed by atoms with E-state index in [2.05, 4.69) is 19.1 Å². The molecule has 0 bridgehead atoms. The Kier molecular flexibility index (Phi) is 6.86. The number of methoxy groups -OCH3 is 1. The van der Waals surface area contributed by atoms with Crippen LogP contribution in [0.15, 0.2) is 24.3 Å². The van der Waals surface area contributed by atoms with E-state index >= 15 is 0 Å². The van der Waals surface area contributed by atoms with E-state index in [0.717, 1.165) is 6.42 Å². The zero-order valence-corrected chi connectivity index (χ0v) is 10.7. The molecule has 0 aliphatic carbocycles. The summed E-state index contributed by atoms with van der Waals surface area (Å²) < 4.78 is 10.3. The van der Waals surface area contributed by atoms with Gasteiger partial charge in [0.2, 0.25) is 0 Å². The summed E-state index contributed by atoms with van der Waals surface area (Å²) in [5, 5.41) is 9.43. The Bertz CT molecular complexity index is 312. The van der Waals surface area contributed by atoms with Gasteiger partial charge in [-0.1, -0.05) is 24.3 Å². The molecule has 1 unspecified atom stereocenters. The topological polar surface area (TPSA) is 38.7 Å². The molecule has 17 heavy (non-hydrogen) atoms. The molecule has 0 spiro atoms. The molecule has 3 nitrogen and oxygen atoms in total. The quantitative estimate of drug-likeness (QED) is 0.705. The maximum atomic E-state index is 9.43. The van der Waals surface area contributed by atoms with Crippen molar-refractivity contribution in [2.24, 2.45) is 0 Å². The van der Waals surface area contributed by atoms with E-state index in [0.29, 0.717) is 19.8 Å². The highest BCUT2D eigenvalue weighted by Gasteiger charge is 2.12. The van der Waals surface area contributed by atoms with E-state index in [1.54, 1.807) is 7.11 Å². The fraction of sp³-hybridized carbons (Fsp3) is 0.571. The van der Waals surface area contributed by atoms with Gasteiger partial charge in [0.05, 0.1) is 19.8 Å². The van der Waals surface area contributed by atoms with Gasteiger partial charge in [0, 0.05) is 19.6 Å².